The molecule has 0 fully saturated rings. The topological polar surface area (TPSA) is 29.1 Å². The lowest BCUT2D eigenvalue weighted by Crippen LogP contribution is -2.34. The molecule has 2 nitrogen and oxygen atoms in total. The van der Waals surface area contributed by atoms with Crippen molar-refractivity contribution in [2.45, 2.75) is 26.3 Å². The van der Waals surface area contributed by atoms with Crippen LogP contribution in [-0.4, -0.2) is 11.9 Å². The van der Waals surface area contributed by atoms with Gasteiger partial charge >= 0.3 is 0 Å². The number of nitrogens with one attached hydrogen (secondary N) is 1. The van der Waals surface area contributed by atoms with Crippen LogP contribution in [0.4, 0.5) is 0 Å². The van der Waals surface area contributed by atoms with E-state index >= 15 is 0 Å². The van der Waals surface area contributed by atoms with Gasteiger partial charge in [-0.2, -0.15) is 0 Å². The summed E-state index contributed by atoms with van der Waals surface area (Å²) in [6.07, 6.45) is 0.707. The molecule has 0 radical (unpaired) electrons. The van der Waals surface area contributed by atoms with Crippen molar-refractivity contribution in [1.82, 2.24) is 5.32 Å². The normalized spacial score (nSPS) is 12.0. The van der Waals surface area contributed by atoms with Gasteiger partial charge in [-0.05, 0) is 49.6 Å². The molecule has 110 valence electrons. The molecule has 0 aliphatic heterocycles. The molecule has 2 aromatic rings. The van der Waals surface area contributed by atoms with E-state index in [1.807, 2.05) is 56.3 Å². The highest BCUT2D eigenvalue weighted by atomic mass is 79.9. The van der Waals surface area contributed by atoms with Crippen molar-refractivity contribution in [2.24, 2.45) is 0 Å². The summed E-state index contributed by atoms with van der Waals surface area (Å²) in [5.74, 6) is -0.0738. The maximum atomic E-state index is 12.2. The van der Waals surface area contributed by atoms with Crippen LogP contribution in [0.15, 0.2) is 46.9 Å². The fourth-order valence-electron chi connectivity index (χ4n) is 2.09. The van der Waals surface area contributed by atoms with E-state index in [1.54, 1.807) is 0 Å². The van der Waals surface area contributed by atoms with Crippen molar-refractivity contribution in [3.8, 4) is 0 Å². The Morgan fingerprint density at radius 2 is 2.00 bits per heavy atom. The zero-order valence-corrected chi connectivity index (χ0v) is 14.3. The molecule has 0 aliphatic rings. The quantitative estimate of drug-likeness (QED) is 0.829. The summed E-state index contributed by atoms with van der Waals surface area (Å²) in [5.41, 5.74) is 2.80. The summed E-state index contributed by atoms with van der Waals surface area (Å²) in [6, 6.07) is 13.3. The van der Waals surface area contributed by atoms with E-state index < -0.39 is 0 Å². The van der Waals surface area contributed by atoms with E-state index in [2.05, 4.69) is 21.2 Å². The van der Waals surface area contributed by atoms with Crippen LogP contribution in [0.1, 0.15) is 28.4 Å². The molecule has 4 heteroatoms. The second-order valence-electron chi connectivity index (χ2n) is 5.13. The van der Waals surface area contributed by atoms with E-state index in [9.17, 15) is 4.79 Å². The molecule has 0 aliphatic carbocycles. The Hall–Kier alpha value is -1.32. The van der Waals surface area contributed by atoms with E-state index in [4.69, 9.17) is 11.6 Å². The van der Waals surface area contributed by atoms with E-state index in [-0.39, 0.29) is 11.9 Å². The maximum absolute atomic E-state index is 12.2. The van der Waals surface area contributed by atoms with Gasteiger partial charge in [-0.1, -0.05) is 51.8 Å². The van der Waals surface area contributed by atoms with Crippen LogP contribution < -0.4 is 5.32 Å². The summed E-state index contributed by atoms with van der Waals surface area (Å²) in [6.45, 7) is 3.97. The molecular weight excluding hydrogens is 350 g/mol. The molecule has 0 aromatic heterocycles. The molecule has 0 saturated carbocycles. The van der Waals surface area contributed by atoms with Crippen molar-refractivity contribution in [3.05, 3.63) is 68.7 Å². The highest BCUT2D eigenvalue weighted by Gasteiger charge is 2.12. The zero-order valence-electron chi connectivity index (χ0n) is 12.0. The van der Waals surface area contributed by atoms with Crippen LogP contribution in [0.5, 0.6) is 0 Å². The van der Waals surface area contributed by atoms with Crippen LogP contribution in [-0.2, 0) is 6.42 Å². The molecule has 1 amide bonds. The van der Waals surface area contributed by atoms with Crippen molar-refractivity contribution in [1.29, 1.82) is 0 Å². The third-order valence-electron chi connectivity index (χ3n) is 3.30. The first kappa shape index (κ1) is 16.1. The minimum Gasteiger partial charge on any atom is -0.349 e. The summed E-state index contributed by atoms with van der Waals surface area (Å²) >= 11 is 9.59. The molecule has 0 heterocycles. The monoisotopic (exact) mass is 365 g/mol. The third kappa shape index (κ3) is 4.32. The van der Waals surface area contributed by atoms with Gasteiger partial charge in [0.2, 0.25) is 0 Å². The molecule has 0 bridgehead atoms. The van der Waals surface area contributed by atoms with Crippen LogP contribution >= 0.6 is 27.5 Å². The van der Waals surface area contributed by atoms with Gasteiger partial charge in [-0.3, -0.25) is 4.79 Å². The van der Waals surface area contributed by atoms with Gasteiger partial charge < -0.3 is 5.32 Å². The molecular formula is C17H17BrClNO. The number of hydrogen-bond donors (Lipinski definition) is 1. The second kappa shape index (κ2) is 7.10. The fraction of sp³-hybridized carbons (Fsp3) is 0.235. The van der Waals surface area contributed by atoms with E-state index in [0.29, 0.717) is 12.0 Å². The Labute approximate surface area is 138 Å². The second-order valence-corrected chi connectivity index (χ2v) is 6.40. The van der Waals surface area contributed by atoms with Gasteiger partial charge in [0.1, 0.15) is 0 Å². The average molecular weight is 367 g/mol. The summed E-state index contributed by atoms with van der Waals surface area (Å²) in [4.78, 5) is 12.2. The lowest BCUT2D eigenvalue weighted by Gasteiger charge is -2.15. The van der Waals surface area contributed by atoms with Gasteiger partial charge in [-0.25, -0.2) is 0 Å². The number of aryl methyl sites for hydroxylation is 1. The minimum absolute atomic E-state index is 0.0116. The minimum atomic E-state index is -0.0738. The molecule has 2 rings (SSSR count). The van der Waals surface area contributed by atoms with Gasteiger partial charge in [0, 0.05) is 21.1 Å². The van der Waals surface area contributed by atoms with Crippen molar-refractivity contribution >= 4 is 33.4 Å². The Kier molecular flexibility index (Phi) is 5.43. The number of hydrogen-bond acceptors (Lipinski definition) is 1. The zero-order chi connectivity index (χ0) is 15.4. The molecule has 0 saturated heterocycles. The Balaban J connectivity index is 2.02. The van der Waals surface area contributed by atoms with Crippen molar-refractivity contribution in [2.75, 3.05) is 0 Å². The molecule has 21 heavy (non-hydrogen) atoms. The summed E-state index contributed by atoms with van der Waals surface area (Å²) in [5, 5.41) is 3.73. The number of halogens is 2. The third-order valence-corrected chi connectivity index (χ3v) is 4.52. The van der Waals surface area contributed by atoms with Crippen molar-refractivity contribution < 1.29 is 4.79 Å². The Bertz CT molecular complexity index is 657. The predicted molar refractivity (Wildman–Crippen MR) is 91.0 cm³/mol. The first-order chi connectivity index (χ1) is 9.97. The largest absolute Gasteiger partial charge is 0.349 e. The van der Waals surface area contributed by atoms with Gasteiger partial charge in [0.25, 0.3) is 5.91 Å². The molecule has 1 unspecified atom stereocenters. The molecule has 2 aromatic carbocycles. The van der Waals surface area contributed by atoms with Gasteiger partial charge in [-0.15, -0.1) is 0 Å². The molecule has 1 N–H and O–H groups in total. The first-order valence-electron chi connectivity index (χ1n) is 6.78. The predicted octanol–water partition coefficient (Wildman–Crippen LogP) is 4.77. The lowest BCUT2D eigenvalue weighted by molar-refractivity contribution is 0.0940. The van der Waals surface area contributed by atoms with Crippen LogP contribution in [0, 0.1) is 6.92 Å². The average Bonchev–Trinajstić information content (AvgIpc) is 2.44. The first-order valence-corrected chi connectivity index (χ1v) is 7.95. The lowest BCUT2D eigenvalue weighted by atomic mass is 10.1. The SMILES string of the molecule is Cc1ccc(C(=O)NC(C)Cc2ccccc2Cl)cc1Br. The Morgan fingerprint density at radius 3 is 2.67 bits per heavy atom. The maximum Gasteiger partial charge on any atom is 0.251 e. The fourth-order valence-corrected chi connectivity index (χ4v) is 2.68. The number of rotatable bonds is 4. The van der Waals surface area contributed by atoms with E-state index in [0.717, 1.165) is 20.6 Å². The van der Waals surface area contributed by atoms with Gasteiger partial charge in [0.15, 0.2) is 0 Å². The van der Waals surface area contributed by atoms with Crippen molar-refractivity contribution in [3.63, 3.8) is 0 Å². The van der Waals surface area contributed by atoms with Crippen LogP contribution in [0.25, 0.3) is 0 Å². The standard InChI is InChI=1S/C17H17BrClNO/c1-11-7-8-14(10-15(11)18)17(21)20-12(2)9-13-5-3-4-6-16(13)19/h3-8,10,12H,9H2,1-2H3,(H,20,21). The Morgan fingerprint density at radius 1 is 1.29 bits per heavy atom. The number of carbonyl (C=O) groups excluding carboxylic acids is 1. The number of carbonyl (C=O) groups is 1. The molecule has 0 spiro atoms. The number of amides is 1. The summed E-state index contributed by atoms with van der Waals surface area (Å²) < 4.78 is 0.939. The molecule has 1 atom stereocenters. The highest BCUT2D eigenvalue weighted by Crippen LogP contribution is 2.19. The smallest absolute Gasteiger partial charge is 0.251 e. The highest BCUT2D eigenvalue weighted by molar-refractivity contribution is 9.10. The summed E-state index contributed by atoms with van der Waals surface area (Å²) in [7, 11) is 0. The van der Waals surface area contributed by atoms with Crippen LogP contribution in [0.2, 0.25) is 5.02 Å². The number of benzene rings is 2. The van der Waals surface area contributed by atoms with Crippen LogP contribution in [0.3, 0.4) is 0 Å². The van der Waals surface area contributed by atoms with Gasteiger partial charge in [0.05, 0.1) is 0 Å². The van der Waals surface area contributed by atoms with E-state index in [1.165, 1.54) is 0 Å².